The first-order chi connectivity index (χ1) is 6.31. The van der Waals surface area contributed by atoms with Gasteiger partial charge >= 0.3 is 0 Å². The molecule has 0 bridgehead atoms. The Morgan fingerprint density at radius 2 is 1.69 bits per heavy atom. The zero-order valence-corrected chi connectivity index (χ0v) is 8.16. The lowest BCUT2D eigenvalue weighted by atomic mass is 10.2. The molecule has 0 radical (unpaired) electrons. The maximum absolute atomic E-state index is 5.03. The van der Waals surface area contributed by atoms with E-state index in [9.17, 15) is 0 Å². The third-order valence-corrected chi connectivity index (χ3v) is 2.10. The maximum atomic E-state index is 5.03. The summed E-state index contributed by atoms with van der Waals surface area (Å²) in [4.78, 5) is 6.86. The predicted octanol–water partition coefficient (Wildman–Crippen LogP) is 1.79. The van der Waals surface area contributed by atoms with Crippen LogP contribution in [0, 0.1) is 0 Å². The highest BCUT2D eigenvalue weighted by Crippen LogP contribution is 2.18. The van der Waals surface area contributed by atoms with Crippen LogP contribution in [0.4, 0.5) is 5.69 Å². The molecule has 0 aromatic heterocycles. The van der Waals surface area contributed by atoms with E-state index in [0.29, 0.717) is 5.75 Å². The molecule has 3 nitrogen and oxygen atoms in total. The Bertz CT molecular complexity index is 242. The van der Waals surface area contributed by atoms with Gasteiger partial charge in [0.25, 0.3) is 0 Å². The SMILES string of the molecule is CCN(CC)c1ccc(ON)cc1. The zero-order valence-electron chi connectivity index (χ0n) is 8.16. The summed E-state index contributed by atoms with van der Waals surface area (Å²) in [6.07, 6.45) is 0. The van der Waals surface area contributed by atoms with E-state index in [0.717, 1.165) is 13.1 Å². The lowest BCUT2D eigenvalue weighted by molar-refractivity contribution is 0.334. The Kier molecular flexibility index (Phi) is 3.58. The van der Waals surface area contributed by atoms with Crippen molar-refractivity contribution >= 4 is 5.69 Å². The number of nitrogens with zero attached hydrogens (tertiary/aromatic N) is 1. The molecule has 0 aliphatic carbocycles. The summed E-state index contributed by atoms with van der Waals surface area (Å²) in [5, 5.41) is 0. The van der Waals surface area contributed by atoms with Crippen molar-refractivity contribution in [2.45, 2.75) is 13.8 Å². The third kappa shape index (κ3) is 2.36. The molecule has 72 valence electrons. The van der Waals surface area contributed by atoms with Gasteiger partial charge in [0, 0.05) is 18.8 Å². The Labute approximate surface area is 79.1 Å². The van der Waals surface area contributed by atoms with Gasteiger partial charge in [0.1, 0.15) is 5.75 Å². The second kappa shape index (κ2) is 4.72. The number of hydrogen-bond donors (Lipinski definition) is 1. The maximum Gasteiger partial charge on any atom is 0.146 e. The summed E-state index contributed by atoms with van der Waals surface area (Å²) in [5.74, 6) is 5.72. The van der Waals surface area contributed by atoms with Gasteiger partial charge in [-0.1, -0.05) is 0 Å². The normalized spacial score (nSPS) is 9.77. The summed E-state index contributed by atoms with van der Waals surface area (Å²) >= 11 is 0. The molecule has 3 heteroatoms. The number of rotatable bonds is 4. The molecule has 1 aromatic rings. The van der Waals surface area contributed by atoms with E-state index in [4.69, 9.17) is 5.90 Å². The van der Waals surface area contributed by atoms with Crippen LogP contribution in [0.2, 0.25) is 0 Å². The fourth-order valence-electron chi connectivity index (χ4n) is 1.32. The van der Waals surface area contributed by atoms with Crippen molar-refractivity contribution in [3.63, 3.8) is 0 Å². The van der Waals surface area contributed by atoms with Gasteiger partial charge in [-0.25, -0.2) is 0 Å². The summed E-state index contributed by atoms with van der Waals surface area (Å²) in [5.41, 5.74) is 1.20. The molecule has 0 aliphatic heterocycles. The first-order valence-electron chi connectivity index (χ1n) is 4.53. The van der Waals surface area contributed by atoms with Crippen LogP contribution in [0.25, 0.3) is 0 Å². The van der Waals surface area contributed by atoms with Gasteiger partial charge in [0.15, 0.2) is 0 Å². The zero-order chi connectivity index (χ0) is 9.68. The van der Waals surface area contributed by atoms with Crippen LogP contribution in [-0.2, 0) is 0 Å². The molecular formula is C10H16N2O. The molecule has 0 heterocycles. The van der Waals surface area contributed by atoms with Crippen LogP contribution >= 0.6 is 0 Å². The monoisotopic (exact) mass is 180 g/mol. The highest BCUT2D eigenvalue weighted by Gasteiger charge is 2.00. The van der Waals surface area contributed by atoms with Crippen LogP contribution in [0.1, 0.15) is 13.8 Å². The van der Waals surface area contributed by atoms with Gasteiger partial charge < -0.3 is 9.74 Å². The fraction of sp³-hybridized carbons (Fsp3) is 0.400. The average molecular weight is 180 g/mol. The standard InChI is InChI=1S/C10H16N2O/c1-3-12(4-2)9-5-7-10(13-11)8-6-9/h5-8H,3-4,11H2,1-2H3. The minimum absolute atomic E-state index is 0.691. The molecule has 0 saturated heterocycles. The average Bonchev–Trinajstić information content (AvgIpc) is 2.21. The molecule has 1 rings (SSSR count). The minimum Gasteiger partial charge on any atom is -0.412 e. The van der Waals surface area contributed by atoms with Crippen molar-refractivity contribution in [3.05, 3.63) is 24.3 Å². The Balaban J connectivity index is 2.78. The molecular weight excluding hydrogens is 164 g/mol. The first-order valence-corrected chi connectivity index (χ1v) is 4.53. The van der Waals surface area contributed by atoms with E-state index in [-0.39, 0.29) is 0 Å². The van der Waals surface area contributed by atoms with Crippen molar-refractivity contribution < 1.29 is 4.84 Å². The topological polar surface area (TPSA) is 38.5 Å². The highest BCUT2D eigenvalue weighted by molar-refractivity contribution is 5.48. The van der Waals surface area contributed by atoms with E-state index in [1.807, 2.05) is 24.3 Å². The lowest BCUT2D eigenvalue weighted by Crippen LogP contribution is -2.21. The largest absolute Gasteiger partial charge is 0.412 e. The van der Waals surface area contributed by atoms with Gasteiger partial charge in [0.05, 0.1) is 0 Å². The predicted molar refractivity (Wildman–Crippen MR) is 54.8 cm³/mol. The van der Waals surface area contributed by atoms with Crippen LogP contribution < -0.4 is 15.6 Å². The molecule has 0 saturated carbocycles. The molecule has 0 unspecified atom stereocenters. The van der Waals surface area contributed by atoms with Crippen molar-refractivity contribution in [2.24, 2.45) is 5.90 Å². The lowest BCUT2D eigenvalue weighted by Gasteiger charge is -2.20. The van der Waals surface area contributed by atoms with E-state index in [1.165, 1.54) is 5.69 Å². The summed E-state index contributed by atoms with van der Waals surface area (Å²) in [7, 11) is 0. The number of hydrogen-bond acceptors (Lipinski definition) is 3. The summed E-state index contributed by atoms with van der Waals surface area (Å²) in [6.45, 7) is 6.30. The van der Waals surface area contributed by atoms with E-state index >= 15 is 0 Å². The number of nitrogens with two attached hydrogens (primary N) is 1. The van der Waals surface area contributed by atoms with Gasteiger partial charge in [-0.3, -0.25) is 0 Å². The molecule has 1 aromatic carbocycles. The number of benzene rings is 1. The van der Waals surface area contributed by atoms with Crippen molar-refractivity contribution in [2.75, 3.05) is 18.0 Å². The molecule has 0 aliphatic rings. The van der Waals surface area contributed by atoms with E-state index in [1.54, 1.807) is 0 Å². The molecule has 0 fully saturated rings. The van der Waals surface area contributed by atoms with E-state index in [2.05, 4.69) is 23.6 Å². The van der Waals surface area contributed by atoms with Gasteiger partial charge in [-0.2, -0.15) is 5.90 Å². The Morgan fingerprint density at radius 1 is 1.15 bits per heavy atom. The number of anilines is 1. The molecule has 0 atom stereocenters. The summed E-state index contributed by atoms with van der Waals surface area (Å²) in [6, 6.07) is 7.76. The smallest absolute Gasteiger partial charge is 0.146 e. The second-order valence-corrected chi connectivity index (χ2v) is 2.78. The Morgan fingerprint density at radius 3 is 2.08 bits per heavy atom. The van der Waals surface area contributed by atoms with E-state index < -0.39 is 0 Å². The van der Waals surface area contributed by atoms with Crippen LogP contribution in [0.15, 0.2) is 24.3 Å². The van der Waals surface area contributed by atoms with Crippen molar-refractivity contribution in [3.8, 4) is 5.75 Å². The highest BCUT2D eigenvalue weighted by atomic mass is 16.6. The van der Waals surface area contributed by atoms with Gasteiger partial charge in [-0.15, -0.1) is 0 Å². The van der Waals surface area contributed by atoms with Gasteiger partial charge in [0.2, 0.25) is 0 Å². The van der Waals surface area contributed by atoms with Crippen LogP contribution in [0.5, 0.6) is 5.75 Å². The first kappa shape index (κ1) is 9.86. The molecule has 2 N–H and O–H groups in total. The van der Waals surface area contributed by atoms with Crippen molar-refractivity contribution in [1.82, 2.24) is 0 Å². The van der Waals surface area contributed by atoms with Gasteiger partial charge in [-0.05, 0) is 38.1 Å². The fourth-order valence-corrected chi connectivity index (χ4v) is 1.32. The minimum atomic E-state index is 0.691. The molecule has 0 spiro atoms. The third-order valence-electron chi connectivity index (χ3n) is 2.10. The Hall–Kier alpha value is -1.22. The molecule has 13 heavy (non-hydrogen) atoms. The molecule has 0 amide bonds. The van der Waals surface area contributed by atoms with Crippen molar-refractivity contribution in [1.29, 1.82) is 0 Å². The van der Waals surface area contributed by atoms with Crippen LogP contribution in [-0.4, -0.2) is 13.1 Å². The quantitative estimate of drug-likeness (QED) is 0.718. The summed E-state index contributed by atoms with van der Waals surface area (Å²) < 4.78 is 0. The second-order valence-electron chi connectivity index (χ2n) is 2.78. The van der Waals surface area contributed by atoms with Crippen LogP contribution in [0.3, 0.4) is 0 Å².